The van der Waals surface area contributed by atoms with Crippen LogP contribution in [-0.2, 0) is 14.3 Å². The first kappa shape index (κ1) is 16.2. The van der Waals surface area contributed by atoms with E-state index in [4.69, 9.17) is 18.6 Å². The van der Waals surface area contributed by atoms with Gasteiger partial charge < -0.3 is 18.6 Å². The molecule has 2 aromatic rings. The molecule has 1 aromatic heterocycles. The molecule has 1 aliphatic rings. The summed E-state index contributed by atoms with van der Waals surface area (Å²) in [6, 6.07) is 7.46. The molecule has 0 unspecified atom stereocenters. The summed E-state index contributed by atoms with van der Waals surface area (Å²) in [5.74, 6) is 1.24. The Morgan fingerprint density at radius 3 is 2.83 bits per heavy atom. The number of benzene rings is 1. The average Bonchev–Trinajstić information content (AvgIpc) is 3.09. The van der Waals surface area contributed by atoms with Crippen LogP contribution in [0.1, 0.15) is 5.89 Å². The van der Waals surface area contributed by atoms with E-state index in [0.717, 1.165) is 10.6 Å². The first-order valence-corrected chi connectivity index (χ1v) is 8.08. The second kappa shape index (κ2) is 7.73. The maximum atomic E-state index is 11.9. The van der Waals surface area contributed by atoms with E-state index in [2.05, 4.69) is 15.5 Å². The molecule has 1 N–H and O–H groups in total. The number of anilines is 1. The van der Waals surface area contributed by atoms with Gasteiger partial charge >= 0.3 is 6.01 Å². The molecule has 0 aliphatic carbocycles. The van der Waals surface area contributed by atoms with Gasteiger partial charge in [-0.2, -0.15) is 0 Å². The van der Waals surface area contributed by atoms with Crippen molar-refractivity contribution in [3.8, 4) is 5.75 Å². The van der Waals surface area contributed by atoms with Gasteiger partial charge in [-0.05, 0) is 24.3 Å². The van der Waals surface area contributed by atoms with Crippen LogP contribution in [0.5, 0.6) is 5.75 Å². The summed E-state index contributed by atoms with van der Waals surface area (Å²) >= 11 is 1.39. The lowest BCUT2D eigenvalue weighted by atomic mass is 10.3. The summed E-state index contributed by atoms with van der Waals surface area (Å²) in [6.45, 7) is 0.887. The Morgan fingerprint density at radius 2 is 2.12 bits per heavy atom. The Balaban J connectivity index is 1.51. The van der Waals surface area contributed by atoms with Gasteiger partial charge in [0, 0.05) is 4.90 Å². The maximum Gasteiger partial charge on any atom is 0.322 e. The predicted octanol–water partition coefficient (Wildman–Crippen LogP) is 2.15. The number of aromatic nitrogens is 2. The molecule has 0 bridgehead atoms. The van der Waals surface area contributed by atoms with Crippen molar-refractivity contribution in [2.45, 2.75) is 4.90 Å². The minimum Gasteiger partial charge on any atom is -0.497 e. The molecular weight excluding hydrogens is 334 g/mol. The van der Waals surface area contributed by atoms with E-state index in [1.807, 2.05) is 24.3 Å². The van der Waals surface area contributed by atoms with Gasteiger partial charge in [0.2, 0.25) is 11.7 Å². The lowest BCUT2D eigenvalue weighted by Crippen LogP contribution is -2.14. The summed E-state index contributed by atoms with van der Waals surface area (Å²) in [5, 5.41) is 10.1. The minimum absolute atomic E-state index is 0.0143. The molecule has 0 saturated heterocycles. The van der Waals surface area contributed by atoms with Crippen LogP contribution < -0.4 is 10.1 Å². The van der Waals surface area contributed by atoms with Crippen LogP contribution in [0, 0.1) is 0 Å². The lowest BCUT2D eigenvalue weighted by Gasteiger charge is -2.11. The van der Waals surface area contributed by atoms with Gasteiger partial charge in [-0.25, -0.2) is 0 Å². The van der Waals surface area contributed by atoms with E-state index in [9.17, 15) is 4.79 Å². The van der Waals surface area contributed by atoms with Crippen molar-refractivity contribution in [3.05, 3.63) is 36.4 Å². The third-order valence-electron chi connectivity index (χ3n) is 2.96. The molecule has 24 heavy (non-hydrogen) atoms. The number of thioether (sulfide) groups is 1. The number of nitrogens with one attached hydrogen (secondary N) is 1. The summed E-state index contributed by atoms with van der Waals surface area (Å²) in [4.78, 5) is 12.9. The highest BCUT2D eigenvalue weighted by Gasteiger charge is 2.17. The molecule has 1 aliphatic heterocycles. The standard InChI is InChI=1S/C15H15N3O5S/c1-20-10-2-4-11(5-3-10)24-9-13(19)16-15-18-17-14(23-15)12-8-21-6-7-22-12/h2-5,8H,6-7,9H2,1H3,(H,16,18,19). The van der Waals surface area contributed by atoms with E-state index in [-0.39, 0.29) is 23.6 Å². The molecule has 8 nitrogen and oxygen atoms in total. The zero-order chi connectivity index (χ0) is 16.8. The normalized spacial score (nSPS) is 13.5. The highest BCUT2D eigenvalue weighted by atomic mass is 32.2. The molecule has 0 spiro atoms. The number of hydrogen-bond acceptors (Lipinski definition) is 8. The maximum absolute atomic E-state index is 11.9. The Morgan fingerprint density at radius 1 is 1.29 bits per heavy atom. The largest absolute Gasteiger partial charge is 0.497 e. The summed E-state index contributed by atoms with van der Waals surface area (Å²) < 4.78 is 20.8. The molecule has 1 aromatic carbocycles. The van der Waals surface area contributed by atoms with Gasteiger partial charge in [-0.3, -0.25) is 10.1 Å². The van der Waals surface area contributed by atoms with Gasteiger partial charge in [-0.15, -0.1) is 16.9 Å². The van der Waals surface area contributed by atoms with E-state index in [1.165, 1.54) is 18.0 Å². The van der Waals surface area contributed by atoms with Gasteiger partial charge in [0.1, 0.15) is 25.2 Å². The smallest absolute Gasteiger partial charge is 0.322 e. The summed E-state index contributed by atoms with van der Waals surface area (Å²) in [6.07, 6.45) is 1.40. The van der Waals surface area contributed by atoms with E-state index >= 15 is 0 Å². The number of carbonyl (C=O) groups is 1. The molecule has 3 rings (SSSR count). The molecular formula is C15H15N3O5S. The highest BCUT2D eigenvalue weighted by Crippen LogP contribution is 2.22. The van der Waals surface area contributed by atoms with Crippen molar-refractivity contribution in [1.29, 1.82) is 0 Å². The Bertz CT molecular complexity index is 729. The van der Waals surface area contributed by atoms with Crippen molar-refractivity contribution in [3.63, 3.8) is 0 Å². The van der Waals surface area contributed by atoms with Crippen LogP contribution in [0.2, 0.25) is 0 Å². The van der Waals surface area contributed by atoms with E-state index < -0.39 is 0 Å². The van der Waals surface area contributed by atoms with Crippen LogP contribution in [0.3, 0.4) is 0 Å². The van der Waals surface area contributed by atoms with Crippen LogP contribution in [0.4, 0.5) is 6.01 Å². The number of rotatable bonds is 6. The minimum atomic E-state index is -0.249. The zero-order valence-corrected chi connectivity index (χ0v) is 13.7. The molecule has 0 atom stereocenters. The van der Waals surface area contributed by atoms with Crippen molar-refractivity contribution < 1.29 is 23.4 Å². The van der Waals surface area contributed by atoms with Crippen molar-refractivity contribution >= 4 is 29.4 Å². The molecule has 9 heteroatoms. The van der Waals surface area contributed by atoms with Gasteiger partial charge in [0.15, 0.2) is 0 Å². The van der Waals surface area contributed by atoms with E-state index in [0.29, 0.717) is 19.0 Å². The third kappa shape index (κ3) is 4.19. The average molecular weight is 349 g/mol. The molecule has 126 valence electrons. The first-order valence-electron chi connectivity index (χ1n) is 7.10. The number of amides is 1. The third-order valence-corrected chi connectivity index (χ3v) is 3.97. The lowest BCUT2D eigenvalue weighted by molar-refractivity contribution is -0.113. The number of nitrogens with zero attached hydrogens (tertiary/aromatic N) is 2. The summed E-state index contributed by atoms with van der Waals surface area (Å²) in [5.41, 5.74) is 0. The molecule has 2 heterocycles. The molecule has 0 radical (unpaired) electrons. The van der Waals surface area contributed by atoms with Crippen molar-refractivity contribution in [1.82, 2.24) is 10.2 Å². The predicted molar refractivity (Wildman–Crippen MR) is 86.5 cm³/mol. The second-order valence-corrected chi connectivity index (χ2v) is 5.67. The quantitative estimate of drug-likeness (QED) is 0.793. The van der Waals surface area contributed by atoms with Crippen LogP contribution >= 0.6 is 11.8 Å². The monoisotopic (exact) mass is 349 g/mol. The van der Waals surface area contributed by atoms with Crippen molar-refractivity contribution in [2.75, 3.05) is 31.4 Å². The van der Waals surface area contributed by atoms with Crippen molar-refractivity contribution in [2.24, 2.45) is 0 Å². The van der Waals surface area contributed by atoms with Crippen LogP contribution in [0.25, 0.3) is 5.76 Å². The summed E-state index contributed by atoms with van der Waals surface area (Å²) in [7, 11) is 1.61. The van der Waals surface area contributed by atoms with Gasteiger partial charge in [0.05, 0.1) is 12.9 Å². The number of methoxy groups -OCH3 is 1. The zero-order valence-electron chi connectivity index (χ0n) is 12.9. The van der Waals surface area contributed by atoms with Gasteiger partial charge in [-0.1, -0.05) is 5.10 Å². The topological polar surface area (TPSA) is 95.7 Å². The number of carbonyl (C=O) groups excluding carboxylic acids is 1. The molecule has 0 fully saturated rings. The second-order valence-electron chi connectivity index (χ2n) is 4.63. The fourth-order valence-corrected chi connectivity index (χ4v) is 2.53. The van der Waals surface area contributed by atoms with Gasteiger partial charge in [0.25, 0.3) is 5.89 Å². The Labute approximate surface area is 142 Å². The number of hydrogen-bond donors (Lipinski definition) is 1. The first-order chi connectivity index (χ1) is 11.7. The number of ether oxygens (including phenoxy) is 3. The molecule has 0 saturated carbocycles. The Kier molecular flexibility index (Phi) is 5.22. The SMILES string of the molecule is COc1ccc(SCC(=O)Nc2nnc(C3=COCCO3)o2)cc1. The van der Waals surface area contributed by atoms with E-state index in [1.54, 1.807) is 7.11 Å². The Hall–Kier alpha value is -2.68. The van der Waals surface area contributed by atoms with Crippen LogP contribution in [-0.4, -0.2) is 42.2 Å². The highest BCUT2D eigenvalue weighted by molar-refractivity contribution is 8.00. The van der Waals surface area contributed by atoms with Crippen LogP contribution in [0.15, 0.2) is 39.8 Å². The molecule has 1 amide bonds. The fraction of sp³-hybridized carbons (Fsp3) is 0.267. The fourth-order valence-electron chi connectivity index (χ4n) is 1.83.